The quantitative estimate of drug-likeness (QED) is 0.838. The van der Waals surface area contributed by atoms with E-state index in [2.05, 4.69) is 5.10 Å². The summed E-state index contributed by atoms with van der Waals surface area (Å²) in [6, 6.07) is 9.92. The van der Waals surface area contributed by atoms with Gasteiger partial charge >= 0.3 is 0 Å². The minimum absolute atomic E-state index is 0.0702. The highest BCUT2D eigenvalue weighted by molar-refractivity contribution is 5.84. The summed E-state index contributed by atoms with van der Waals surface area (Å²) in [6.45, 7) is 5.44. The van der Waals surface area contributed by atoms with Crippen LogP contribution in [0, 0.1) is 19.3 Å². The molecule has 1 spiro atoms. The Morgan fingerprint density at radius 3 is 2.53 bits per heavy atom. The number of aryl methyl sites for hydroxylation is 1. The molecule has 0 aliphatic carbocycles. The van der Waals surface area contributed by atoms with Gasteiger partial charge in [-0.1, -0.05) is 18.2 Å². The fraction of sp³-hybridized carbons (Fsp3) is 0.522. The van der Waals surface area contributed by atoms with Crippen molar-refractivity contribution in [1.29, 1.82) is 0 Å². The Bertz CT molecular complexity index is 945. The van der Waals surface area contributed by atoms with Gasteiger partial charge in [0, 0.05) is 37.9 Å². The number of aliphatic hydroxyl groups is 1. The summed E-state index contributed by atoms with van der Waals surface area (Å²) in [5, 5.41) is 14.8. The first-order valence-corrected chi connectivity index (χ1v) is 10.6. The standard InChI is InChI=1S/C23H30N4O3/c1-16-20(17(2)27(24-16)18-7-5-4-6-8-18)13-21(29)26-11-9-23(10-12-26)14-19(28)15-25(3)22(23)30/h4-8,19,28H,9-15H2,1-3H3. The van der Waals surface area contributed by atoms with Crippen LogP contribution in [-0.2, 0) is 16.0 Å². The van der Waals surface area contributed by atoms with E-state index in [1.165, 1.54) is 0 Å². The Balaban J connectivity index is 1.45. The number of amides is 2. The van der Waals surface area contributed by atoms with Gasteiger partial charge in [-0.25, -0.2) is 4.68 Å². The molecule has 2 aliphatic rings. The smallest absolute Gasteiger partial charge is 0.228 e. The monoisotopic (exact) mass is 410 g/mol. The van der Waals surface area contributed by atoms with Crippen molar-refractivity contribution in [3.05, 3.63) is 47.3 Å². The lowest BCUT2D eigenvalue weighted by atomic mass is 9.71. The molecular weight excluding hydrogens is 380 g/mol. The molecule has 0 saturated carbocycles. The van der Waals surface area contributed by atoms with Crippen LogP contribution in [-0.4, -0.2) is 69.3 Å². The van der Waals surface area contributed by atoms with Crippen LogP contribution in [0.5, 0.6) is 0 Å². The Morgan fingerprint density at radius 1 is 1.20 bits per heavy atom. The van der Waals surface area contributed by atoms with Gasteiger partial charge in [-0.05, 0) is 45.2 Å². The van der Waals surface area contributed by atoms with E-state index in [-0.39, 0.29) is 11.8 Å². The molecule has 2 aromatic rings. The zero-order valence-electron chi connectivity index (χ0n) is 18.0. The first-order valence-electron chi connectivity index (χ1n) is 10.6. The van der Waals surface area contributed by atoms with Crippen molar-refractivity contribution in [2.75, 3.05) is 26.7 Å². The molecular formula is C23H30N4O3. The lowest BCUT2D eigenvalue weighted by Crippen LogP contribution is -2.57. The molecule has 0 radical (unpaired) electrons. The Morgan fingerprint density at radius 2 is 1.87 bits per heavy atom. The molecule has 4 rings (SSSR count). The number of rotatable bonds is 3. The van der Waals surface area contributed by atoms with Crippen LogP contribution in [0.2, 0.25) is 0 Å². The highest BCUT2D eigenvalue weighted by Gasteiger charge is 2.47. The predicted octanol–water partition coefficient (Wildman–Crippen LogP) is 1.86. The number of aromatic nitrogens is 2. The predicted molar refractivity (Wildman–Crippen MR) is 113 cm³/mol. The SMILES string of the molecule is Cc1nn(-c2ccccc2)c(C)c1CC(=O)N1CCC2(CC1)CC(O)CN(C)C2=O. The summed E-state index contributed by atoms with van der Waals surface area (Å²) < 4.78 is 1.89. The fourth-order valence-electron chi connectivity index (χ4n) is 5.02. The summed E-state index contributed by atoms with van der Waals surface area (Å²) in [6.07, 6.45) is 1.55. The zero-order valence-corrected chi connectivity index (χ0v) is 18.0. The highest BCUT2D eigenvalue weighted by atomic mass is 16.3. The van der Waals surface area contributed by atoms with Crippen molar-refractivity contribution < 1.29 is 14.7 Å². The van der Waals surface area contributed by atoms with E-state index in [9.17, 15) is 14.7 Å². The number of hydrogen-bond acceptors (Lipinski definition) is 4. The molecule has 2 aliphatic heterocycles. The van der Waals surface area contributed by atoms with Crippen molar-refractivity contribution >= 4 is 11.8 Å². The number of para-hydroxylation sites is 1. The van der Waals surface area contributed by atoms with Gasteiger partial charge in [-0.3, -0.25) is 9.59 Å². The van der Waals surface area contributed by atoms with Gasteiger partial charge in [0.1, 0.15) is 0 Å². The molecule has 30 heavy (non-hydrogen) atoms. The Kier molecular flexibility index (Phi) is 5.40. The normalized spacial score (nSPS) is 21.3. The van der Waals surface area contributed by atoms with Crippen molar-refractivity contribution in [3.63, 3.8) is 0 Å². The number of likely N-dealkylation sites (N-methyl/N-ethyl adjacent to an activating group) is 1. The van der Waals surface area contributed by atoms with Crippen LogP contribution < -0.4 is 0 Å². The van der Waals surface area contributed by atoms with E-state index in [1.54, 1.807) is 11.9 Å². The lowest BCUT2D eigenvalue weighted by molar-refractivity contribution is -0.156. The second kappa shape index (κ2) is 7.87. The number of hydrogen-bond donors (Lipinski definition) is 1. The summed E-state index contributed by atoms with van der Waals surface area (Å²) in [7, 11) is 1.75. The molecule has 1 aromatic heterocycles. The van der Waals surface area contributed by atoms with E-state index in [0.29, 0.717) is 45.3 Å². The first-order chi connectivity index (χ1) is 14.3. The molecule has 160 valence electrons. The van der Waals surface area contributed by atoms with Crippen molar-refractivity contribution in [2.45, 2.75) is 45.6 Å². The number of carbonyl (C=O) groups excluding carboxylic acids is 2. The largest absolute Gasteiger partial charge is 0.391 e. The number of carbonyl (C=O) groups is 2. The van der Waals surface area contributed by atoms with Gasteiger partial charge < -0.3 is 14.9 Å². The number of piperidine rings is 2. The average molecular weight is 411 g/mol. The summed E-state index contributed by atoms with van der Waals surface area (Å²) >= 11 is 0. The third-order valence-electron chi connectivity index (χ3n) is 6.75. The first kappa shape index (κ1) is 20.6. The second-order valence-corrected chi connectivity index (χ2v) is 8.78. The number of aliphatic hydroxyl groups excluding tert-OH is 1. The molecule has 3 heterocycles. The summed E-state index contributed by atoms with van der Waals surface area (Å²) in [5.41, 5.74) is 3.27. The van der Waals surface area contributed by atoms with Crippen LogP contribution in [0.3, 0.4) is 0 Å². The van der Waals surface area contributed by atoms with Gasteiger partial charge in [0.25, 0.3) is 0 Å². The Hall–Kier alpha value is -2.67. The van der Waals surface area contributed by atoms with Gasteiger partial charge in [0.05, 0.1) is 29.3 Å². The van der Waals surface area contributed by atoms with E-state index in [0.717, 1.165) is 22.6 Å². The molecule has 2 amide bonds. The van der Waals surface area contributed by atoms with E-state index < -0.39 is 11.5 Å². The van der Waals surface area contributed by atoms with Crippen molar-refractivity contribution in [3.8, 4) is 5.69 Å². The molecule has 1 N–H and O–H groups in total. The van der Waals surface area contributed by atoms with Crippen LogP contribution >= 0.6 is 0 Å². The fourth-order valence-corrected chi connectivity index (χ4v) is 5.02. The third kappa shape index (κ3) is 3.62. The molecule has 7 heteroatoms. The molecule has 7 nitrogen and oxygen atoms in total. The number of likely N-dealkylation sites (tertiary alicyclic amines) is 2. The zero-order chi connectivity index (χ0) is 21.5. The molecule has 0 bridgehead atoms. The van der Waals surface area contributed by atoms with Gasteiger partial charge in [0.15, 0.2) is 0 Å². The maximum atomic E-state index is 13.0. The van der Waals surface area contributed by atoms with E-state index >= 15 is 0 Å². The van der Waals surface area contributed by atoms with Crippen LogP contribution in [0.4, 0.5) is 0 Å². The number of nitrogens with zero attached hydrogens (tertiary/aromatic N) is 4. The molecule has 2 fully saturated rings. The number of benzene rings is 1. The van der Waals surface area contributed by atoms with Gasteiger partial charge in [-0.2, -0.15) is 5.10 Å². The lowest BCUT2D eigenvalue weighted by Gasteiger charge is -2.47. The third-order valence-corrected chi connectivity index (χ3v) is 6.75. The van der Waals surface area contributed by atoms with Crippen LogP contribution in [0.15, 0.2) is 30.3 Å². The van der Waals surface area contributed by atoms with Crippen molar-refractivity contribution in [1.82, 2.24) is 19.6 Å². The van der Waals surface area contributed by atoms with Crippen LogP contribution in [0.25, 0.3) is 5.69 Å². The maximum Gasteiger partial charge on any atom is 0.228 e. The van der Waals surface area contributed by atoms with E-state index in [1.807, 2.05) is 53.8 Å². The molecule has 1 atom stereocenters. The average Bonchev–Trinajstić information content (AvgIpc) is 3.01. The topological polar surface area (TPSA) is 78.7 Å². The summed E-state index contributed by atoms with van der Waals surface area (Å²) in [5.74, 6) is 0.177. The molecule has 2 saturated heterocycles. The van der Waals surface area contributed by atoms with E-state index in [4.69, 9.17) is 0 Å². The summed E-state index contributed by atoms with van der Waals surface area (Å²) in [4.78, 5) is 29.3. The highest BCUT2D eigenvalue weighted by Crippen LogP contribution is 2.40. The number of β-amino-alcohol motifs (C(OH)–C–C–N with tert-alkyl or cyclic N) is 1. The maximum absolute atomic E-state index is 13.0. The minimum atomic E-state index is -0.521. The molecule has 1 aromatic carbocycles. The van der Waals surface area contributed by atoms with Gasteiger partial charge in [0.2, 0.25) is 11.8 Å². The van der Waals surface area contributed by atoms with Crippen molar-refractivity contribution in [2.24, 2.45) is 5.41 Å². The Labute approximate surface area is 177 Å². The van der Waals surface area contributed by atoms with Crippen LogP contribution in [0.1, 0.15) is 36.2 Å². The van der Waals surface area contributed by atoms with Gasteiger partial charge in [-0.15, -0.1) is 0 Å². The minimum Gasteiger partial charge on any atom is -0.391 e. The molecule has 1 unspecified atom stereocenters. The second-order valence-electron chi connectivity index (χ2n) is 8.78.